The number of ketones is 1. The van der Waals surface area contributed by atoms with E-state index in [1.807, 2.05) is 16.7 Å². The highest BCUT2D eigenvalue weighted by molar-refractivity contribution is 6.31. The Morgan fingerprint density at radius 1 is 1.11 bits per heavy atom. The number of halogens is 1. The Labute approximate surface area is 224 Å². The summed E-state index contributed by atoms with van der Waals surface area (Å²) in [6, 6.07) is 14.6. The molecule has 9 heteroatoms. The number of aromatic nitrogens is 1. The van der Waals surface area contributed by atoms with Crippen LogP contribution in [0.2, 0.25) is 5.02 Å². The largest absolute Gasteiger partial charge is 0.485 e. The molecule has 1 atom stereocenters. The van der Waals surface area contributed by atoms with Gasteiger partial charge in [-0.1, -0.05) is 29.8 Å². The van der Waals surface area contributed by atoms with E-state index >= 15 is 0 Å². The smallest absolute Gasteiger partial charge is 0.252 e. The number of aliphatic hydroxyl groups excluding tert-OH is 1. The molecule has 38 heavy (non-hydrogen) atoms. The van der Waals surface area contributed by atoms with E-state index in [0.717, 1.165) is 34.5 Å². The van der Waals surface area contributed by atoms with Gasteiger partial charge in [-0.3, -0.25) is 14.4 Å². The minimum atomic E-state index is -1.15. The van der Waals surface area contributed by atoms with Crippen LogP contribution < -0.4 is 15.8 Å². The van der Waals surface area contributed by atoms with Crippen LogP contribution in [0.3, 0.4) is 0 Å². The van der Waals surface area contributed by atoms with Gasteiger partial charge in [-0.15, -0.1) is 0 Å². The summed E-state index contributed by atoms with van der Waals surface area (Å²) in [7, 11) is 1.48. The Kier molecular flexibility index (Phi) is 7.10. The lowest BCUT2D eigenvalue weighted by molar-refractivity contribution is -0.129. The van der Waals surface area contributed by atoms with E-state index in [4.69, 9.17) is 22.1 Å². The summed E-state index contributed by atoms with van der Waals surface area (Å²) < 4.78 is 7.74. The molecule has 0 saturated heterocycles. The molecule has 2 amide bonds. The van der Waals surface area contributed by atoms with Crippen molar-refractivity contribution in [3.05, 3.63) is 76.4 Å². The number of rotatable bonds is 10. The predicted octanol–water partition coefficient (Wildman–Crippen LogP) is 4.18. The zero-order chi connectivity index (χ0) is 27.0. The molecule has 1 aliphatic rings. The first-order chi connectivity index (χ1) is 18.2. The van der Waals surface area contributed by atoms with Crippen LogP contribution in [0.4, 0.5) is 0 Å². The molecule has 5 rings (SSSR count). The lowest BCUT2D eigenvalue weighted by atomic mass is 10.0. The van der Waals surface area contributed by atoms with Crippen LogP contribution in [-0.2, 0) is 11.3 Å². The van der Waals surface area contributed by atoms with Gasteiger partial charge >= 0.3 is 0 Å². The molecule has 1 heterocycles. The van der Waals surface area contributed by atoms with Gasteiger partial charge in [0, 0.05) is 47.7 Å². The number of Topliss-reactive ketones (excluding diaryl/α,β-unsaturated/α-hetero) is 1. The molecular weight excluding hydrogens is 506 g/mol. The SMILES string of the molecule is CNC(=O)C(O)CCn1cc(C(=O)COc2cc3ccc(Cl)cc3cc2C(N)=O)c2ccc(C3CC3)cc21. The topological polar surface area (TPSA) is 124 Å². The zero-order valence-electron chi connectivity index (χ0n) is 20.9. The van der Waals surface area contributed by atoms with Crippen LogP contribution in [0.15, 0.2) is 54.7 Å². The second-order valence-corrected chi connectivity index (χ2v) is 10.1. The van der Waals surface area contributed by atoms with Crippen molar-refractivity contribution in [2.45, 2.75) is 37.8 Å². The number of likely N-dealkylation sites (N-methyl/N-ethyl adjacent to an activating group) is 1. The number of aliphatic hydroxyl groups is 1. The molecule has 8 nitrogen and oxygen atoms in total. The van der Waals surface area contributed by atoms with Crippen LogP contribution in [0.1, 0.15) is 51.5 Å². The third-order valence-corrected chi connectivity index (χ3v) is 7.21. The highest BCUT2D eigenvalue weighted by Gasteiger charge is 2.25. The first kappa shape index (κ1) is 25.8. The van der Waals surface area contributed by atoms with Crippen LogP contribution >= 0.6 is 11.6 Å². The van der Waals surface area contributed by atoms with Gasteiger partial charge in [0.05, 0.1) is 5.56 Å². The molecule has 196 valence electrons. The molecule has 1 aliphatic carbocycles. The summed E-state index contributed by atoms with van der Waals surface area (Å²) in [6.45, 7) is 0.0517. The number of amides is 2. The van der Waals surface area contributed by atoms with E-state index in [0.29, 0.717) is 23.0 Å². The number of primary amides is 1. The molecule has 0 bridgehead atoms. The molecule has 0 spiro atoms. The average molecular weight is 534 g/mol. The van der Waals surface area contributed by atoms with E-state index in [-0.39, 0.29) is 30.1 Å². The number of carbonyl (C=O) groups is 3. The molecule has 4 N–H and O–H groups in total. The molecule has 1 unspecified atom stereocenters. The van der Waals surface area contributed by atoms with Crippen LogP contribution in [-0.4, -0.2) is 47.0 Å². The number of fused-ring (bicyclic) bond motifs is 2. The number of nitrogens with zero attached hydrogens (tertiary/aromatic N) is 1. The number of benzene rings is 3. The van der Waals surface area contributed by atoms with Gasteiger partial charge in [0.2, 0.25) is 11.7 Å². The van der Waals surface area contributed by atoms with Crippen molar-refractivity contribution in [3.63, 3.8) is 0 Å². The molecule has 3 aromatic carbocycles. The Bertz CT molecular complexity index is 1570. The maximum absolute atomic E-state index is 13.4. The lowest BCUT2D eigenvalue weighted by Crippen LogP contribution is -2.32. The van der Waals surface area contributed by atoms with Gasteiger partial charge in [0.15, 0.2) is 6.61 Å². The molecule has 1 saturated carbocycles. The summed E-state index contributed by atoms with van der Waals surface area (Å²) in [6.07, 6.45) is 3.07. The Morgan fingerprint density at radius 2 is 1.89 bits per heavy atom. The fraction of sp³-hybridized carbons (Fsp3) is 0.276. The summed E-state index contributed by atoms with van der Waals surface area (Å²) in [5.74, 6) is -0.654. The quantitative estimate of drug-likeness (QED) is 0.264. The van der Waals surface area contributed by atoms with E-state index in [1.54, 1.807) is 36.5 Å². The van der Waals surface area contributed by atoms with E-state index < -0.39 is 17.9 Å². The molecule has 0 aliphatic heterocycles. The van der Waals surface area contributed by atoms with Gasteiger partial charge in [0.25, 0.3) is 5.91 Å². The highest BCUT2D eigenvalue weighted by Crippen LogP contribution is 2.41. The fourth-order valence-electron chi connectivity index (χ4n) is 4.73. The van der Waals surface area contributed by atoms with Crippen molar-refractivity contribution in [2.24, 2.45) is 5.73 Å². The van der Waals surface area contributed by atoms with Crippen molar-refractivity contribution in [2.75, 3.05) is 13.7 Å². The van der Waals surface area contributed by atoms with Crippen LogP contribution in [0.5, 0.6) is 5.75 Å². The van der Waals surface area contributed by atoms with Crippen molar-refractivity contribution < 1.29 is 24.2 Å². The number of ether oxygens (including phenoxy) is 1. The second-order valence-electron chi connectivity index (χ2n) is 9.62. The number of hydrogen-bond donors (Lipinski definition) is 3. The van der Waals surface area contributed by atoms with Crippen LogP contribution in [0.25, 0.3) is 21.7 Å². The Morgan fingerprint density at radius 3 is 2.61 bits per heavy atom. The molecule has 1 aromatic heterocycles. The number of nitrogens with two attached hydrogens (primary N) is 1. The Balaban J connectivity index is 1.43. The van der Waals surface area contributed by atoms with Gasteiger partial charge in [-0.25, -0.2) is 0 Å². The molecule has 4 aromatic rings. The zero-order valence-corrected chi connectivity index (χ0v) is 21.6. The van der Waals surface area contributed by atoms with Crippen molar-refractivity contribution in [3.8, 4) is 5.75 Å². The Hall–Kier alpha value is -3.88. The standard InChI is InChI=1S/C29H28ClN3O5/c1-32-29(37)25(34)8-9-33-14-23(21-7-5-17(12-24(21)33)16-2-3-16)26(35)15-38-27-13-18-4-6-20(30)10-19(18)11-22(27)28(31)36/h4-7,10-14,16,25,34H,2-3,8-9,15H2,1H3,(H2,31,36)(H,32,37). The normalized spacial score (nSPS) is 14.0. The van der Waals surface area contributed by atoms with Crippen molar-refractivity contribution in [1.29, 1.82) is 0 Å². The summed E-state index contributed by atoms with van der Waals surface area (Å²) in [4.78, 5) is 37.3. The monoisotopic (exact) mass is 533 g/mol. The third kappa shape index (κ3) is 5.23. The summed E-state index contributed by atoms with van der Waals surface area (Å²) >= 11 is 6.08. The van der Waals surface area contributed by atoms with E-state index in [9.17, 15) is 19.5 Å². The maximum Gasteiger partial charge on any atom is 0.252 e. The summed E-state index contributed by atoms with van der Waals surface area (Å²) in [5.41, 5.74) is 8.28. The number of carbonyl (C=O) groups excluding carboxylic acids is 3. The first-order valence-electron chi connectivity index (χ1n) is 12.5. The van der Waals surface area contributed by atoms with Gasteiger partial charge < -0.3 is 25.5 Å². The highest BCUT2D eigenvalue weighted by atomic mass is 35.5. The number of hydrogen-bond acceptors (Lipinski definition) is 5. The number of aryl methyl sites for hydroxylation is 1. The van der Waals surface area contributed by atoms with Gasteiger partial charge in [-0.2, -0.15) is 0 Å². The molecule has 1 fully saturated rings. The van der Waals surface area contributed by atoms with Gasteiger partial charge in [-0.05, 0) is 65.4 Å². The van der Waals surface area contributed by atoms with Crippen molar-refractivity contribution >= 4 is 50.9 Å². The van der Waals surface area contributed by atoms with Gasteiger partial charge in [0.1, 0.15) is 11.9 Å². The average Bonchev–Trinajstić information content (AvgIpc) is 3.70. The fourth-order valence-corrected chi connectivity index (χ4v) is 4.91. The summed E-state index contributed by atoms with van der Waals surface area (Å²) in [5, 5.41) is 15.4. The van der Waals surface area contributed by atoms with Crippen LogP contribution in [0, 0.1) is 0 Å². The van der Waals surface area contributed by atoms with E-state index in [1.165, 1.54) is 12.6 Å². The molecular formula is C29H28ClN3O5. The molecule has 0 radical (unpaired) electrons. The first-order valence-corrected chi connectivity index (χ1v) is 12.8. The third-order valence-electron chi connectivity index (χ3n) is 6.97. The number of nitrogens with one attached hydrogen (secondary N) is 1. The minimum Gasteiger partial charge on any atom is -0.485 e. The minimum absolute atomic E-state index is 0.159. The van der Waals surface area contributed by atoms with Crippen molar-refractivity contribution in [1.82, 2.24) is 9.88 Å². The van der Waals surface area contributed by atoms with E-state index in [2.05, 4.69) is 11.4 Å². The predicted molar refractivity (Wildman–Crippen MR) is 146 cm³/mol. The lowest BCUT2D eigenvalue weighted by Gasteiger charge is -2.11. The maximum atomic E-state index is 13.4. The second kappa shape index (κ2) is 10.5.